The maximum atomic E-state index is 13.0. The van der Waals surface area contributed by atoms with E-state index in [9.17, 15) is 9.59 Å². The zero-order chi connectivity index (χ0) is 17.6. The van der Waals surface area contributed by atoms with Crippen molar-refractivity contribution in [3.05, 3.63) is 66.0 Å². The number of amides is 2. The Labute approximate surface area is 148 Å². The maximum Gasteiger partial charge on any atom is 0.228 e. The van der Waals surface area contributed by atoms with Crippen LogP contribution < -0.4 is 0 Å². The second-order valence-corrected chi connectivity index (χ2v) is 6.53. The van der Waals surface area contributed by atoms with Gasteiger partial charge in [-0.05, 0) is 23.6 Å². The largest absolute Gasteiger partial charge is 0.345 e. The molecule has 0 radical (unpaired) electrons. The molecule has 1 aromatic carbocycles. The Bertz CT molecular complexity index is 718. The minimum atomic E-state index is -0.245. The summed E-state index contributed by atoms with van der Waals surface area (Å²) in [5, 5.41) is 0. The number of carbonyl (C=O) groups is 2. The van der Waals surface area contributed by atoms with Crippen molar-refractivity contribution in [2.45, 2.75) is 19.4 Å². The van der Waals surface area contributed by atoms with Crippen LogP contribution in [0.1, 0.15) is 17.5 Å². The lowest BCUT2D eigenvalue weighted by molar-refractivity contribution is -0.136. The highest BCUT2D eigenvalue weighted by molar-refractivity contribution is 5.89. The van der Waals surface area contributed by atoms with E-state index >= 15 is 0 Å². The second-order valence-electron chi connectivity index (χ2n) is 6.53. The smallest absolute Gasteiger partial charge is 0.228 e. The normalized spacial score (nSPS) is 16.9. The molecule has 130 valence electrons. The van der Waals surface area contributed by atoms with Gasteiger partial charge in [0.05, 0.1) is 5.92 Å². The van der Waals surface area contributed by atoms with Crippen LogP contribution in [-0.2, 0) is 22.6 Å². The third-order valence-corrected chi connectivity index (χ3v) is 4.61. The van der Waals surface area contributed by atoms with E-state index in [0.29, 0.717) is 26.1 Å². The van der Waals surface area contributed by atoms with E-state index in [1.165, 1.54) is 5.56 Å². The maximum absolute atomic E-state index is 13.0. The molecule has 0 bridgehead atoms. The van der Waals surface area contributed by atoms with Crippen LogP contribution in [0.5, 0.6) is 0 Å². The van der Waals surface area contributed by atoms with E-state index < -0.39 is 0 Å². The first-order valence-electron chi connectivity index (χ1n) is 8.59. The lowest BCUT2D eigenvalue weighted by Crippen LogP contribution is -2.38. The number of hydrogen-bond acceptors (Lipinski definition) is 3. The van der Waals surface area contributed by atoms with E-state index in [1.54, 1.807) is 24.3 Å². The van der Waals surface area contributed by atoms with Crippen molar-refractivity contribution in [3.8, 4) is 0 Å². The van der Waals surface area contributed by atoms with Crippen molar-refractivity contribution in [2.24, 2.45) is 5.92 Å². The molecule has 0 spiro atoms. The fourth-order valence-corrected chi connectivity index (χ4v) is 3.18. The van der Waals surface area contributed by atoms with Gasteiger partial charge < -0.3 is 9.80 Å². The molecule has 1 aromatic heterocycles. The van der Waals surface area contributed by atoms with Crippen LogP contribution >= 0.6 is 0 Å². The van der Waals surface area contributed by atoms with E-state index in [-0.39, 0.29) is 17.7 Å². The zero-order valence-corrected chi connectivity index (χ0v) is 14.5. The first kappa shape index (κ1) is 17.1. The highest BCUT2D eigenvalue weighted by Crippen LogP contribution is 2.20. The molecule has 1 saturated heterocycles. The molecule has 0 N–H and O–H groups in total. The molecular weight excluding hydrogens is 314 g/mol. The van der Waals surface area contributed by atoms with Crippen molar-refractivity contribution < 1.29 is 9.59 Å². The minimum Gasteiger partial charge on any atom is -0.345 e. The molecule has 0 aliphatic carbocycles. The Morgan fingerprint density at radius 3 is 2.60 bits per heavy atom. The molecule has 1 aliphatic rings. The molecule has 2 heterocycles. The summed E-state index contributed by atoms with van der Waals surface area (Å²) in [6, 6.07) is 14.0. The molecule has 0 unspecified atom stereocenters. The molecule has 5 heteroatoms. The van der Waals surface area contributed by atoms with Crippen molar-refractivity contribution in [3.63, 3.8) is 0 Å². The van der Waals surface area contributed by atoms with E-state index in [4.69, 9.17) is 0 Å². The average molecular weight is 337 g/mol. The highest BCUT2D eigenvalue weighted by Gasteiger charge is 2.34. The summed E-state index contributed by atoms with van der Waals surface area (Å²) < 4.78 is 0. The molecule has 2 amide bonds. The second kappa shape index (κ2) is 7.92. The van der Waals surface area contributed by atoms with Crippen LogP contribution in [0.25, 0.3) is 0 Å². The Morgan fingerprint density at radius 1 is 1.20 bits per heavy atom. The van der Waals surface area contributed by atoms with Gasteiger partial charge in [-0.2, -0.15) is 0 Å². The van der Waals surface area contributed by atoms with Gasteiger partial charge in [-0.15, -0.1) is 0 Å². The summed E-state index contributed by atoms with van der Waals surface area (Å²) >= 11 is 0. The van der Waals surface area contributed by atoms with Gasteiger partial charge in [-0.3, -0.25) is 14.6 Å². The fraction of sp³-hybridized carbons (Fsp3) is 0.350. The Kier molecular flexibility index (Phi) is 5.43. The number of benzene rings is 1. The van der Waals surface area contributed by atoms with Crippen molar-refractivity contribution in [1.29, 1.82) is 0 Å². The Balaban J connectivity index is 1.71. The van der Waals surface area contributed by atoms with Crippen LogP contribution in [0.4, 0.5) is 0 Å². The molecule has 5 nitrogen and oxygen atoms in total. The van der Waals surface area contributed by atoms with Gasteiger partial charge in [-0.25, -0.2) is 0 Å². The molecule has 25 heavy (non-hydrogen) atoms. The van der Waals surface area contributed by atoms with Crippen LogP contribution in [-0.4, -0.2) is 46.7 Å². The van der Waals surface area contributed by atoms with Crippen LogP contribution in [0.2, 0.25) is 0 Å². The average Bonchev–Trinajstić information content (AvgIpc) is 2.98. The first-order valence-corrected chi connectivity index (χ1v) is 8.59. The van der Waals surface area contributed by atoms with Crippen LogP contribution in [0, 0.1) is 5.92 Å². The molecule has 0 saturated carbocycles. The number of nitrogens with zero attached hydrogens (tertiary/aromatic N) is 3. The van der Waals surface area contributed by atoms with Crippen LogP contribution in [0.15, 0.2) is 54.9 Å². The molecule has 2 aromatic rings. The summed E-state index contributed by atoms with van der Waals surface area (Å²) in [7, 11) is 1.75. The lowest BCUT2D eigenvalue weighted by atomic mass is 10.1. The number of pyridine rings is 1. The molecular formula is C20H23N3O2. The number of likely N-dealkylation sites (tertiary alicyclic amines) is 1. The van der Waals surface area contributed by atoms with E-state index in [1.807, 2.05) is 35.2 Å². The quantitative estimate of drug-likeness (QED) is 0.811. The monoisotopic (exact) mass is 337 g/mol. The molecule has 1 fully saturated rings. The van der Waals surface area contributed by atoms with Gasteiger partial charge in [0, 0.05) is 45.5 Å². The first-order chi connectivity index (χ1) is 12.1. The van der Waals surface area contributed by atoms with Gasteiger partial charge in [0.1, 0.15) is 0 Å². The topological polar surface area (TPSA) is 53.5 Å². The van der Waals surface area contributed by atoms with Gasteiger partial charge in [0.25, 0.3) is 0 Å². The van der Waals surface area contributed by atoms with Crippen molar-refractivity contribution >= 4 is 11.8 Å². The Morgan fingerprint density at radius 2 is 1.96 bits per heavy atom. The van der Waals surface area contributed by atoms with Crippen molar-refractivity contribution in [1.82, 2.24) is 14.8 Å². The van der Waals surface area contributed by atoms with Crippen molar-refractivity contribution in [2.75, 3.05) is 20.1 Å². The molecule has 3 rings (SSSR count). The standard InChI is InChI=1S/C20H23N3O2/c1-22-15-18(12-19(22)24)20(25)23(14-17-8-5-10-21-13-17)11-9-16-6-3-2-4-7-16/h2-8,10,13,18H,9,11-12,14-15H2,1H3/t18-/m0/s1. The highest BCUT2D eigenvalue weighted by atomic mass is 16.2. The molecule has 1 atom stereocenters. The summed E-state index contributed by atoms with van der Waals surface area (Å²) in [5.41, 5.74) is 2.20. The SMILES string of the molecule is CN1C[C@@H](C(=O)N(CCc2ccccc2)Cc2cccnc2)CC1=O. The number of hydrogen-bond donors (Lipinski definition) is 0. The number of aromatic nitrogens is 1. The molecule has 1 aliphatic heterocycles. The fourth-order valence-electron chi connectivity index (χ4n) is 3.18. The van der Waals surface area contributed by atoms with Gasteiger partial charge >= 0.3 is 0 Å². The number of rotatable bonds is 6. The summed E-state index contributed by atoms with van der Waals surface area (Å²) in [4.78, 5) is 32.4. The predicted octanol–water partition coefficient (Wildman–Crippen LogP) is 2.13. The third kappa shape index (κ3) is 4.44. The van der Waals surface area contributed by atoms with Gasteiger partial charge in [0.15, 0.2) is 0 Å². The summed E-state index contributed by atoms with van der Waals surface area (Å²) in [6.07, 6.45) is 4.62. The van der Waals surface area contributed by atoms with E-state index in [0.717, 1.165) is 12.0 Å². The number of carbonyl (C=O) groups excluding carboxylic acids is 2. The van der Waals surface area contributed by atoms with E-state index in [2.05, 4.69) is 17.1 Å². The van der Waals surface area contributed by atoms with Gasteiger partial charge in [-0.1, -0.05) is 36.4 Å². The van der Waals surface area contributed by atoms with Crippen LogP contribution in [0.3, 0.4) is 0 Å². The summed E-state index contributed by atoms with van der Waals surface area (Å²) in [6.45, 7) is 1.66. The zero-order valence-electron chi connectivity index (χ0n) is 14.5. The predicted molar refractivity (Wildman–Crippen MR) is 95.5 cm³/mol. The van der Waals surface area contributed by atoms with Gasteiger partial charge in [0.2, 0.25) is 11.8 Å². The Hall–Kier alpha value is -2.69. The minimum absolute atomic E-state index is 0.0442. The lowest BCUT2D eigenvalue weighted by Gasteiger charge is -2.25. The summed E-state index contributed by atoms with van der Waals surface area (Å²) in [5.74, 6) is -0.148. The third-order valence-electron chi connectivity index (χ3n) is 4.61.